The number of carbonyl (C=O) groups excluding carboxylic acids is 1. The van der Waals surface area contributed by atoms with Gasteiger partial charge in [0, 0.05) is 5.92 Å². The molecule has 1 fully saturated rings. The molecule has 0 bridgehead atoms. The van der Waals surface area contributed by atoms with Gasteiger partial charge in [-0.05, 0) is 32.6 Å². The van der Waals surface area contributed by atoms with Gasteiger partial charge in [-0.3, -0.25) is 9.63 Å². The number of alkyl halides is 3. The average Bonchev–Trinajstić information content (AvgIpc) is 2.25. The smallest absolute Gasteiger partial charge is 0.274 e. The van der Waals surface area contributed by atoms with Crippen LogP contribution in [0.3, 0.4) is 0 Å². The lowest BCUT2D eigenvalue weighted by atomic mass is 9.81. The third-order valence-corrected chi connectivity index (χ3v) is 2.88. The summed E-state index contributed by atoms with van der Waals surface area (Å²) >= 11 is 0. The minimum atomic E-state index is -4.12. The number of nitrogens with one attached hydrogen (secondary N) is 1. The lowest BCUT2D eigenvalue weighted by Crippen LogP contribution is -2.36. The first-order valence-corrected chi connectivity index (χ1v) is 5.43. The molecule has 1 amide bonds. The fourth-order valence-corrected chi connectivity index (χ4v) is 1.91. The monoisotopic (exact) mass is 239 g/mol. The fraction of sp³-hybridized carbons (Fsp3) is 0.900. The van der Waals surface area contributed by atoms with Crippen LogP contribution in [0, 0.1) is 11.8 Å². The first-order chi connectivity index (χ1) is 7.45. The molecule has 3 nitrogen and oxygen atoms in total. The fourth-order valence-electron chi connectivity index (χ4n) is 1.91. The molecule has 6 heteroatoms. The average molecular weight is 239 g/mol. The summed E-state index contributed by atoms with van der Waals surface area (Å²) in [4.78, 5) is 16.1. The molecule has 0 aromatic carbocycles. The van der Waals surface area contributed by atoms with Crippen molar-refractivity contribution in [2.24, 2.45) is 11.8 Å². The second kappa shape index (κ2) is 5.52. The van der Waals surface area contributed by atoms with E-state index < -0.39 is 12.1 Å². The number of hydrogen-bond acceptors (Lipinski definition) is 2. The van der Waals surface area contributed by atoms with Crippen LogP contribution in [-0.4, -0.2) is 18.7 Å². The highest BCUT2D eigenvalue weighted by molar-refractivity contribution is 5.77. The molecule has 0 aliphatic heterocycles. The van der Waals surface area contributed by atoms with Crippen LogP contribution < -0.4 is 5.48 Å². The van der Waals surface area contributed by atoms with Crippen molar-refractivity contribution >= 4 is 5.91 Å². The molecule has 0 saturated heterocycles. The molecule has 0 radical (unpaired) electrons. The zero-order chi connectivity index (χ0) is 12.2. The second-order valence-corrected chi connectivity index (χ2v) is 3.99. The Morgan fingerprint density at radius 3 is 2.31 bits per heavy atom. The van der Waals surface area contributed by atoms with Crippen molar-refractivity contribution in [3.8, 4) is 0 Å². The number of carbonyl (C=O) groups is 1. The van der Waals surface area contributed by atoms with Crippen LogP contribution >= 0.6 is 0 Å². The van der Waals surface area contributed by atoms with Gasteiger partial charge in [0.15, 0.2) is 0 Å². The quantitative estimate of drug-likeness (QED) is 0.768. The summed E-state index contributed by atoms with van der Waals surface area (Å²) in [7, 11) is 0. The van der Waals surface area contributed by atoms with Crippen molar-refractivity contribution in [1.29, 1.82) is 0 Å². The Balaban J connectivity index is 2.34. The van der Waals surface area contributed by atoms with Gasteiger partial charge in [0.1, 0.15) is 0 Å². The Labute approximate surface area is 92.3 Å². The Morgan fingerprint density at radius 2 is 1.88 bits per heavy atom. The van der Waals surface area contributed by atoms with Crippen LogP contribution in [0.25, 0.3) is 0 Å². The highest BCUT2D eigenvalue weighted by atomic mass is 19.4. The molecular weight excluding hydrogens is 223 g/mol. The van der Waals surface area contributed by atoms with E-state index in [1.54, 1.807) is 6.92 Å². The molecule has 0 aromatic rings. The number of halogens is 3. The molecule has 0 heterocycles. The van der Waals surface area contributed by atoms with Crippen molar-refractivity contribution in [2.75, 3.05) is 6.61 Å². The molecule has 16 heavy (non-hydrogen) atoms. The summed E-state index contributed by atoms with van der Waals surface area (Å²) in [6, 6.07) is 0. The van der Waals surface area contributed by atoms with Crippen LogP contribution in [0.15, 0.2) is 0 Å². The van der Waals surface area contributed by atoms with Crippen LogP contribution in [-0.2, 0) is 9.63 Å². The summed E-state index contributed by atoms with van der Waals surface area (Å²) < 4.78 is 37.0. The maximum Gasteiger partial charge on any atom is 0.391 e. The second-order valence-electron chi connectivity index (χ2n) is 3.99. The van der Waals surface area contributed by atoms with E-state index in [4.69, 9.17) is 4.84 Å². The van der Waals surface area contributed by atoms with Crippen molar-refractivity contribution in [1.82, 2.24) is 5.48 Å². The van der Waals surface area contributed by atoms with Gasteiger partial charge in [0.2, 0.25) is 5.91 Å². The Morgan fingerprint density at radius 1 is 1.31 bits per heavy atom. The third-order valence-electron chi connectivity index (χ3n) is 2.88. The highest BCUT2D eigenvalue weighted by Crippen LogP contribution is 2.39. The molecule has 0 atom stereocenters. The maximum atomic E-state index is 12.3. The van der Waals surface area contributed by atoms with Gasteiger partial charge < -0.3 is 0 Å². The van der Waals surface area contributed by atoms with Crippen molar-refractivity contribution in [3.63, 3.8) is 0 Å². The van der Waals surface area contributed by atoms with E-state index >= 15 is 0 Å². The first kappa shape index (κ1) is 13.3. The standard InChI is InChI=1S/C10H16F3NO2/c1-2-16-14-9(15)7-3-5-8(6-4-7)10(11,12)13/h7-8H,2-6H2,1H3,(H,14,15). The molecule has 0 spiro atoms. The topological polar surface area (TPSA) is 38.3 Å². The summed E-state index contributed by atoms with van der Waals surface area (Å²) in [5, 5.41) is 0. The zero-order valence-electron chi connectivity index (χ0n) is 9.14. The van der Waals surface area contributed by atoms with E-state index in [0.717, 1.165) is 0 Å². The van der Waals surface area contributed by atoms with Gasteiger partial charge in [-0.1, -0.05) is 0 Å². The molecule has 1 aliphatic carbocycles. The summed E-state index contributed by atoms with van der Waals surface area (Å²) in [5.41, 5.74) is 2.24. The van der Waals surface area contributed by atoms with Gasteiger partial charge in [0.25, 0.3) is 0 Å². The number of rotatable bonds is 3. The molecule has 0 aromatic heterocycles. The van der Waals surface area contributed by atoms with Crippen LogP contribution in [0.1, 0.15) is 32.6 Å². The molecule has 0 unspecified atom stereocenters. The number of hydroxylamine groups is 1. The van der Waals surface area contributed by atoms with Gasteiger partial charge in [0.05, 0.1) is 12.5 Å². The zero-order valence-corrected chi connectivity index (χ0v) is 9.14. The summed E-state index contributed by atoms with van der Waals surface area (Å²) in [6.45, 7) is 2.07. The van der Waals surface area contributed by atoms with E-state index in [1.807, 2.05) is 0 Å². The van der Waals surface area contributed by atoms with Gasteiger partial charge in [-0.15, -0.1) is 0 Å². The molecule has 1 rings (SSSR count). The molecule has 94 valence electrons. The largest absolute Gasteiger partial charge is 0.391 e. The van der Waals surface area contributed by atoms with E-state index in [0.29, 0.717) is 6.61 Å². The third kappa shape index (κ3) is 3.66. The first-order valence-electron chi connectivity index (χ1n) is 5.43. The van der Waals surface area contributed by atoms with Crippen LogP contribution in [0.2, 0.25) is 0 Å². The predicted molar refractivity (Wildman–Crippen MR) is 51.3 cm³/mol. The SMILES string of the molecule is CCONC(=O)C1CCC(C(F)(F)F)CC1. The highest BCUT2D eigenvalue weighted by Gasteiger charge is 2.42. The van der Waals surface area contributed by atoms with Crippen LogP contribution in [0.5, 0.6) is 0 Å². The molecule has 1 N–H and O–H groups in total. The summed E-state index contributed by atoms with van der Waals surface area (Å²) in [5.74, 6) is -1.89. The van der Waals surface area contributed by atoms with Gasteiger partial charge >= 0.3 is 6.18 Å². The lowest BCUT2D eigenvalue weighted by molar-refractivity contribution is -0.185. The normalized spacial score (nSPS) is 26.5. The van der Waals surface area contributed by atoms with Crippen molar-refractivity contribution < 1.29 is 22.8 Å². The Bertz CT molecular complexity index is 235. The van der Waals surface area contributed by atoms with Crippen molar-refractivity contribution in [3.05, 3.63) is 0 Å². The molecular formula is C10H16F3NO2. The van der Waals surface area contributed by atoms with E-state index in [2.05, 4.69) is 5.48 Å². The number of hydrogen-bond donors (Lipinski definition) is 1. The Kier molecular flexibility index (Phi) is 4.58. The number of amides is 1. The molecule has 1 aliphatic rings. The predicted octanol–water partition coefficient (Wildman–Crippen LogP) is 2.42. The molecule has 1 saturated carbocycles. The Hall–Kier alpha value is -0.780. The lowest BCUT2D eigenvalue weighted by Gasteiger charge is -2.28. The van der Waals surface area contributed by atoms with Crippen molar-refractivity contribution in [2.45, 2.75) is 38.8 Å². The van der Waals surface area contributed by atoms with E-state index in [-0.39, 0.29) is 37.5 Å². The van der Waals surface area contributed by atoms with Crippen LogP contribution in [0.4, 0.5) is 13.2 Å². The maximum absolute atomic E-state index is 12.3. The van der Waals surface area contributed by atoms with E-state index in [9.17, 15) is 18.0 Å². The summed E-state index contributed by atoms with van der Waals surface area (Å²) in [6.07, 6.45) is -3.49. The van der Waals surface area contributed by atoms with Gasteiger partial charge in [-0.2, -0.15) is 13.2 Å². The minimum absolute atomic E-state index is 0.0354. The minimum Gasteiger partial charge on any atom is -0.274 e. The van der Waals surface area contributed by atoms with E-state index in [1.165, 1.54) is 0 Å². The van der Waals surface area contributed by atoms with Gasteiger partial charge in [-0.25, -0.2) is 5.48 Å².